The van der Waals surface area contributed by atoms with Gasteiger partial charge in [0, 0.05) is 6.21 Å². The first-order valence-corrected chi connectivity index (χ1v) is 1.88. The zero-order valence-corrected chi connectivity index (χ0v) is 4.37. The van der Waals surface area contributed by atoms with Gasteiger partial charge in [-0.05, 0) is 14.0 Å². The van der Waals surface area contributed by atoms with Crippen molar-refractivity contribution < 1.29 is 0 Å². The summed E-state index contributed by atoms with van der Waals surface area (Å²) in [5.74, 6) is 0. The van der Waals surface area contributed by atoms with Crippen molar-refractivity contribution in [1.29, 1.82) is 0 Å². The molecular weight excluding hydrogens is 92.1 g/mol. The van der Waals surface area contributed by atoms with Crippen LogP contribution in [0.4, 0.5) is 0 Å². The van der Waals surface area contributed by atoms with Crippen LogP contribution in [0.3, 0.4) is 0 Å². The van der Waals surface area contributed by atoms with E-state index in [1.807, 2.05) is 0 Å². The van der Waals surface area contributed by atoms with Gasteiger partial charge < -0.3 is 5.43 Å². The summed E-state index contributed by atoms with van der Waals surface area (Å²) in [6.07, 6.45) is 1.54. The number of nitrogens with zero attached hydrogens (tertiary/aromatic N) is 4. The smallest absolute Gasteiger partial charge is 0.00165 e. The third kappa shape index (κ3) is 5.07. The minimum atomic E-state index is 1.54. The highest BCUT2D eigenvalue weighted by atomic mass is 15.5. The largest absolute Gasteiger partial charge is 0.384 e. The van der Waals surface area contributed by atoms with Crippen LogP contribution >= 0.6 is 0 Å². The lowest BCUT2D eigenvalue weighted by molar-refractivity contribution is 1.03. The van der Waals surface area contributed by atoms with E-state index in [1.165, 1.54) is 13.3 Å². The average molecular weight is 99.1 g/mol. The second-order valence-electron chi connectivity index (χ2n) is 0.753. The lowest BCUT2D eigenvalue weighted by atomic mass is 10.9. The van der Waals surface area contributed by atoms with Crippen LogP contribution in [0, 0.1) is 0 Å². The van der Waals surface area contributed by atoms with Crippen LogP contribution in [0.15, 0.2) is 15.5 Å². The van der Waals surface area contributed by atoms with Crippen LogP contribution in [0.5, 0.6) is 0 Å². The van der Waals surface area contributed by atoms with Crippen molar-refractivity contribution in [3.63, 3.8) is 0 Å². The molecule has 0 amide bonds. The molecule has 0 aromatic carbocycles. The van der Waals surface area contributed by atoms with E-state index in [4.69, 9.17) is 0 Å². The second kappa shape index (κ2) is 5.07. The molecule has 0 aliphatic rings. The summed E-state index contributed by atoms with van der Waals surface area (Å²) in [7, 11) is 1.54. The maximum atomic E-state index is 3.40. The molecule has 0 spiro atoms. The molecule has 7 heavy (non-hydrogen) atoms. The fraction of sp³-hybridized carbons (Fsp3) is 0.667. The molecule has 0 aromatic rings. The van der Waals surface area contributed by atoms with Gasteiger partial charge in [0.15, 0.2) is 0 Å². The maximum absolute atomic E-state index is 3.40. The Bertz CT molecular complexity index is 75.0. The second-order valence-corrected chi connectivity index (χ2v) is 0.753. The van der Waals surface area contributed by atoms with Crippen LogP contribution in [-0.4, -0.2) is 13.3 Å². The Morgan fingerprint density at radius 1 is 1.57 bits per heavy atom. The average Bonchev–Trinajstić information content (AvgIpc) is 1.69. The Morgan fingerprint density at radius 2 is 2.29 bits per heavy atom. The molecule has 0 radical (unpaired) electrons. The molecule has 0 aliphatic carbocycles. The minimum absolute atomic E-state index is 1.54. The molecule has 0 heterocycles. The molecular formula is C3H7N4-. The summed E-state index contributed by atoms with van der Waals surface area (Å²) < 4.78 is 0. The van der Waals surface area contributed by atoms with Crippen LogP contribution in [0.25, 0.3) is 5.43 Å². The summed E-state index contributed by atoms with van der Waals surface area (Å²) >= 11 is 0. The van der Waals surface area contributed by atoms with Gasteiger partial charge in [-0.1, -0.05) is 0 Å². The molecule has 4 nitrogen and oxygen atoms in total. The summed E-state index contributed by atoms with van der Waals surface area (Å²) in [5, 5.41) is 9.85. The normalized spacial score (nSPS) is 11.1. The van der Waals surface area contributed by atoms with Gasteiger partial charge in [-0.3, -0.25) is 15.5 Å². The van der Waals surface area contributed by atoms with Gasteiger partial charge >= 0.3 is 0 Å². The van der Waals surface area contributed by atoms with E-state index in [9.17, 15) is 0 Å². The predicted molar refractivity (Wildman–Crippen MR) is 28.3 cm³/mol. The van der Waals surface area contributed by atoms with E-state index >= 15 is 0 Å². The summed E-state index contributed by atoms with van der Waals surface area (Å²) in [6, 6.07) is 0. The summed E-state index contributed by atoms with van der Waals surface area (Å²) in [5.41, 5.74) is 3.32. The molecule has 0 rings (SSSR count). The Morgan fingerprint density at radius 3 is 2.71 bits per heavy atom. The number of hydrogen-bond acceptors (Lipinski definition) is 2. The molecule has 4 heteroatoms. The first-order valence-electron chi connectivity index (χ1n) is 1.88. The van der Waals surface area contributed by atoms with Gasteiger partial charge in [-0.15, -0.1) is 0 Å². The van der Waals surface area contributed by atoms with Gasteiger partial charge in [0.05, 0.1) is 0 Å². The van der Waals surface area contributed by atoms with Crippen LogP contribution in [-0.2, 0) is 0 Å². The van der Waals surface area contributed by atoms with E-state index in [0.29, 0.717) is 0 Å². The maximum Gasteiger partial charge on any atom is 0.00165 e. The quantitative estimate of drug-likeness (QED) is 0.285. The first-order chi connectivity index (χ1) is 3.41. The Kier molecular flexibility index (Phi) is 4.40. The molecule has 0 N–H and O–H groups in total. The van der Waals surface area contributed by atoms with Gasteiger partial charge in [-0.25, -0.2) is 0 Å². The number of rotatable bonds is 2. The molecule has 40 valence electrons. The SMILES string of the molecule is C/C=N\N=N/[N-]C. The first kappa shape index (κ1) is 6.07. The fourth-order valence-electron chi connectivity index (χ4n) is 0.115. The van der Waals surface area contributed by atoms with Crippen molar-refractivity contribution in [1.82, 2.24) is 0 Å². The zero-order chi connectivity index (χ0) is 5.54. The van der Waals surface area contributed by atoms with Crippen molar-refractivity contribution >= 4 is 6.21 Å². The van der Waals surface area contributed by atoms with Gasteiger partial charge in [0.2, 0.25) is 0 Å². The highest BCUT2D eigenvalue weighted by molar-refractivity contribution is 5.52. The monoisotopic (exact) mass is 99.1 g/mol. The van der Waals surface area contributed by atoms with E-state index < -0.39 is 0 Å². The van der Waals surface area contributed by atoms with Crippen molar-refractivity contribution in [3.05, 3.63) is 5.43 Å². The number of hydrogen-bond donors (Lipinski definition) is 0. The van der Waals surface area contributed by atoms with E-state index in [1.54, 1.807) is 6.92 Å². The van der Waals surface area contributed by atoms with Gasteiger partial charge in [-0.2, -0.15) is 0 Å². The third-order valence-corrected chi connectivity index (χ3v) is 0.297. The summed E-state index contributed by atoms with van der Waals surface area (Å²) in [6.45, 7) is 1.76. The van der Waals surface area contributed by atoms with Crippen molar-refractivity contribution in [2.24, 2.45) is 15.5 Å². The van der Waals surface area contributed by atoms with Crippen molar-refractivity contribution in [3.8, 4) is 0 Å². The lowest BCUT2D eigenvalue weighted by Crippen LogP contribution is -1.53. The lowest BCUT2D eigenvalue weighted by Gasteiger charge is -1.89. The third-order valence-electron chi connectivity index (χ3n) is 0.297. The molecule has 0 aromatic heterocycles. The molecule has 0 atom stereocenters. The van der Waals surface area contributed by atoms with Gasteiger partial charge in [0.1, 0.15) is 0 Å². The molecule has 0 saturated carbocycles. The molecule has 0 fully saturated rings. The molecule has 0 bridgehead atoms. The van der Waals surface area contributed by atoms with E-state index in [0.717, 1.165) is 0 Å². The highest BCUT2D eigenvalue weighted by Crippen LogP contribution is 1.79. The fourth-order valence-corrected chi connectivity index (χ4v) is 0.115. The topological polar surface area (TPSA) is 51.2 Å². The van der Waals surface area contributed by atoms with E-state index in [-0.39, 0.29) is 0 Å². The Balaban J connectivity index is 3.09. The van der Waals surface area contributed by atoms with Crippen LogP contribution in [0.1, 0.15) is 6.92 Å². The minimum Gasteiger partial charge on any atom is -0.384 e. The van der Waals surface area contributed by atoms with Crippen LogP contribution < -0.4 is 0 Å². The van der Waals surface area contributed by atoms with Gasteiger partial charge in [0.25, 0.3) is 0 Å². The highest BCUT2D eigenvalue weighted by Gasteiger charge is 1.42. The molecule has 0 unspecified atom stereocenters. The Labute approximate surface area is 42.3 Å². The van der Waals surface area contributed by atoms with E-state index in [2.05, 4.69) is 21.0 Å². The summed E-state index contributed by atoms with van der Waals surface area (Å²) in [4.78, 5) is 0. The zero-order valence-electron chi connectivity index (χ0n) is 4.37. The molecule has 0 saturated heterocycles. The Hall–Kier alpha value is -0.930. The van der Waals surface area contributed by atoms with Crippen molar-refractivity contribution in [2.45, 2.75) is 6.92 Å². The van der Waals surface area contributed by atoms with Crippen LogP contribution in [0.2, 0.25) is 0 Å². The predicted octanol–water partition coefficient (Wildman–Crippen LogP) is 1.36. The standard InChI is InChI=1S/C3H7N4/c1-3-5-7-6-4-2/h3H,1-2H3/q-1/b5-3-. The molecule has 0 aliphatic heterocycles. The van der Waals surface area contributed by atoms with Crippen molar-refractivity contribution in [2.75, 3.05) is 7.05 Å².